The van der Waals surface area contributed by atoms with Crippen LogP contribution in [0.15, 0.2) is 54.6 Å². The number of rotatable bonds is 3. The van der Waals surface area contributed by atoms with Crippen molar-refractivity contribution in [3.8, 4) is 0 Å². The second-order valence-electron chi connectivity index (χ2n) is 6.31. The quantitative estimate of drug-likeness (QED) is 0.866. The van der Waals surface area contributed by atoms with Crippen LogP contribution in [0.5, 0.6) is 0 Å². The number of carbonyl (C=O) groups excluding carboxylic acids is 2. The summed E-state index contributed by atoms with van der Waals surface area (Å²) < 4.78 is 5.33. The Morgan fingerprint density at radius 1 is 1.00 bits per heavy atom. The average molecular weight is 336 g/mol. The van der Waals surface area contributed by atoms with Gasteiger partial charge in [-0.2, -0.15) is 0 Å². The summed E-state index contributed by atoms with van der Waals surface area (Å²) in [6.45, 7) is 2.39. The number of para-hydroxylation sites is 1. The van der Waals surface area contributed by atoms with E-state index in [0.717, 1.165) is 11.3 Å². The molecule has 0 bridgehead atoms. The maximum absolute atomic E-state index is 12.9. The molecule has 2 aromatic rings. The van der Waals surface area contributed by atoms with Gasteiger partial charge in [-0.1, -0.05) is 36.4 Å². The van der Waals surface area contributed by atoms with Gasteiger partial charge in [0, 0.05) is 24.3 Å². The van der Waals surface area contributed by atoms with E-state index < -0.39 is 0 Å². The number of anilines is 1. The van der Waals surface area contributed by atoms with Crippen LogP contribution < -0.4 is 4.90 Å². The molecule has 0 radical (unpaired) electrons. The largest absolute Gasteiger partial charge is 0.378 e. The molecule has 0 N–H and O–H groups in total. The lowest BCUT2D eigenvalue weighted by molar-refractivity contribution is -0.135. The fourth-order valence-electron chi connectivity index (χ4n) is 3.59. The minimum absolute atomic E-state index is 0.0402. The second-order valence-corrected chi connectivity index (χ2v) is 6.31. The average Bonchev–Trinajstić information content (AvgIpc) is 2.95. The monoisotopic (exact) mass is 336 g/mol. The molecule has 0 spiro atoms. The zero-order valence-electron chi connectivity index (χ0n) is 13.9. The van der Waals surface area contributed by atoms with Crippen LogP contribution in [0.3, 0.4) is 0 Å². The van der Waals surface area contributed by atoms with Gasteiger partial charge in [-0.15, -0.1) is 0 Å². The highest BCUT2D eigenvalue weighted by molar-refractivity contribution is 6.11. The van der Waals surface area contributed by atoms with E-state index in [1.807, 2.05) is 59.5 Å². The predicted molar refractivity (Wildman–Crippen MR) is 94.5 cm³/mol. The summed E-state index contributed by atoms with van der Waals surface area (Å²) in [5.41, 5.74) is 2.44. The van der Waals surface area contributed by atoms with Gasteiger partial charge < -0.3 is 14.5 Å². The number of fused-ring (bicyclic) bond motifs is 1. The molecule has 2 aliphatic heterocycles. The molecule has 5 heteroatoms. The number of benzene rings is 2. The van der Waals surface area contributed by atoms with Crippen molar-refractivity contribution < 1.29 is 14.3 Å². The summed E-state index contributed by atoms with van der Waals surface area (Å²) in [7, 11) is 0. The molecule has 2 heterocycles. The second kappa shape index (κ2) is 6.69. The van der Waals surface area contributed by atoms with Crippen LogP contribution in [0.2, 0.25) is 0 Å². The van der Waals surface area contributed by atoms with E-state index >= 15 is 0 Å². The number of morpholine rings is 1. The molecule has 0 aromatic heterocycles. The summed E-state index contributed by atoms with van der Waals surface area (Å²) in [5.74, 6) is 0.0281. The van der Waals surface area contributed by atoms with Gasteiger partial charge in [0.15, 0.2) is 0 Å². The first kappa shape index (κ1) is 15.8. The van der Waals surface area contributed by atoms with Crippen molar-refractivity contribution in [1.82, 2.24) is 4.90 Å². The lowest BCUT2D eigenvalue weighted by atomic mass is 10.0. The highest BCUT2D eigenvalue weighted by Crippen LogP contribution is 2.39. The topological polar surface area (TPSA) is 49.9 Å². The minimum Gasteiger partial charge on any atom is -0.378 e. The number of ether oxygens (including phenoxy) is 1. The van der Waals surface area contributed by atoms with Crippen LogP contribution in [-0.4, -0.2) is 43.0 Å². The summed E-state index contributed by atoms with van der Waals surface area (Å²) in [4.78, 5) is 29.3. The van der Waals surface area contributed by atoms with E-state index in [-0.39, 0.29) is 24.3 Å². The Labute approximate surface area is 146 Å². The van der Waals surface area contributed by atoms with E-state index in [1.165, 1.54) is 0 Å². The van der Waals surface area contributed by atoms with Gasteiger partial charge in [0.05, 0.1) is 25.7 Å². The Morgan fingerprint density at radius 2 is 1.68 bits per heavy atom. The molecule has 25 heavy (non-hydrogen) atoms. The molecule has 4 rings (SSSR count). The molecule has 2 amide bonds. The van der Waals surface area contributed by atoms with E-state index in [0.29, 0.717) is 31.9 Å². The Hall–Kier alpha value is -2.66. The molecule has 0 aliphatic carbocycles. The molecule has 5 nitrogen and oxygen atoms in total. The Balaban J connectivity index is 1.66. The fourth-order valence-corrected chi connectivity index (χ4v) is 3.59. The third-order valence-electron chi connectivity index (χ3n) is 4.85. The third-order valence-corrected chi connectivity index (χ3v) is 4.85. The Bertz CT molecular complexity index is 785. The Kier molecular flexibility index (Phi) is 4.24. The van der Waals surface area contributed by atoms with Crippen LogP contribution in [0.4, 0.5) is 5.69 Å². The van der Waals surface area contributed by atoms with Crippen molar-refractivity contribution in [3.05, 3.63) is 65.7 Å². The number of hydrogen-bond acceptors (Lipinski definition) is 3. The highest BCUT2D eigenvalue weighted by Gasteiger charge is 2.39. The van der Waals surface area contributed by atoms with Crippen molar-refractivity contribution >= 4 is 17.5 Å². The number of nitrogens with zero attached hydrogens (tertiary/aromatic N) is 2. The highest BCUT2D eigenvalue weighted by atomic mass is 16.5. The van der Waals surface area contributed by atoms with Gasteiger partial charge in [0.2, 0.25) is 5.91 Å². The predicted octanol–water partition coefficient (Wildman–Crippen LogP) is 2.64. The standard InChI is InChI=1S/C20H20N2O3/c23-19(21-10-12-25-13-11-21)14-18-16-8-4-5-9-17(16)20(24)22(18)15-6-2-1-3-7-15/h1-9,18H,10-14H2. The fraction of sp³-hybridized carbons (Fsp3) is 0.300. The van der Waals surface area contributed by atoms with Gasteiger partial charge in [0.25, 0.3) is 5.91 Å². The molecular formula is C20H20N2O3. The van der Waals surface area contributed by atoms with Crippen LogP contribution >= 0.6 is 0 Å². The lowest BCUT2D eigenvalue weighted by Crippen LogP contribution is -2.42. The molecule has 0 saturated carbocycles. The maximum atomic E-state index is 12.9. The van der Waals surface area contributed by atoms with Gasteiger partial charge in [-0.3, -0.25) is 9.59 Å². The van der Waals surface area contributed by atoms with Crippen LogP contribution in [0.1, 0.15) is 28.4 Å². The Morgan fingerprint density at radius 3 is 2.44 bits per heavy atom. The number of amides is 2. The zero-order valence-corrected chi connectivity index (χ0v) is 13.9. The first-order valence-corrected chi connectivity index (χ1v) is 8.59. The molecule has 1 fully saturated rings. The van der Waals surface area contributed by atoms with Crippen molar-refractivity contribution in [2.45, 2.75) is 12.5 Å². The van der Waals surface area contributed by atoms with E-state index in [1.54, 1.807) is 4.90 Å². The van der Waals surface area contributed by atoms with Crippen LogP contribution in [-0.2, 0) is 9.53 Å². The first-order valence-electron chi connectivity index (χ1n) is 8.59. The van der Waals surface area contributed by atoms with Crippen LogP contribution in [0, 0.1) is 0 Å². The number of carbonyl (C=O) groups is 2. The molecule has 1 atom stereocenters. The zero-order chi connectivity index (χ0) is 17.2. The smallest absolute Gasteiger partial charge is 0.259 e. The molecule has 2 aliphatic rings. The lowest BCUT2D eigenvalue weighted by Gasteiger charge is -2.30. The van der Waals surface area contributed by atoms with Crippen molar-refractivity contribution in [1.29, 1.82) is 0 Å². The summed E-state index contributed by atoms with van der Waals surface area (Å²) >= 11 is 0. The van der Waals surface area contributed by atoms with Crippen molar-refractivity contribution in [2.75, 3.05) is 31.2 Å². The first-order chi connectivity index (χ1) is 12.3. The van der Waals surface area contributed by atoms with Crippen molar-refractivity contribution in [3.63, 3.8) is 0 Å². The molecule has 128 valence electrons. The maximum Gasteiger partial charge on any atom is 0.259 e. The minimum atomic E-state index is -0.263. The van der Waals surface area contributed by atoms with Gasteiger partial charge in [-0.25, -0.2) is 0 Å². The van der Waals surface area contributed by atoms with Crippen LogP contribution in [0.25, 0.3) is 0 Å². The molecule has 1 saturated heterocycles. The summed E-state index contributed by atoms with van der Waals surface area (Å²) in [5, 5.41) is 0. The van der Waals surface area contributed by atoms with E-state index in [4.69, 9.17) is 4.74 Å². The third kappa shape index (κ3) is 2.91. The normalized spacial score (nSPS) is 19.8. The van der Waals surface area contributed by atoms with Gasteiger partial charge in [0.1, 0.15) is 0 Å². The van der Waals surface area contributed by atoms with E-state index in [9.17, 15) is 9.59 Å². The van der Waals surface area contributed by atoms with Gasteiger partial charge >= 0.3 is 0 Å². The molecular weight excluding hydrogens is 316 g/mol. The van der Waals surface area contributed by atoms with Crippen molar-refractivity contribution in [2.24, 2.45) is 0 Å². The summed E-state index contributed by atoms with van der Waals surface area (Å²) in [6.07, 6.45) is 0.289. The van der Waals surface area contributed by atoms with Gasteiger partial charge in [-0.05, 0) is 23.8 Å². The molecule has 2 aromatic carbocycles. The SMILES string of the molecule is O=C(CC1c2ccccc2C(=O)N1c1ccccc1)N1CCOCC1. The van der Waals surface area contributed by atoms with E-state index in [2.05, 4.69) is 0 Å². The molecule has 1 unspecified atom stereocenters. The number of hydrogen-bond donors (Lipinski definition) is 0. The summed E-state index contributed by atoms with van der Waals surface area (Å²) in [6, 6.07) is 16.9.